The van der Waals surface area contributed by atoms with Gasteiger partial charge < -0.3 is 19.6 Å². The van der Waals surface area contributed by atoms with Crippen LogP contribution in [-0.4, -0.2) is 27.5 Å². The Kier molecular flexibility index (Phi) is 6.11. The van der Waals surface area contributed by atoms with Gasteiger partial charge in [0.2, 0.25) is 0 Å². The molecule has 2 rings (SSSR count). The summed E-state index contributed by atoms with van der Waals surface area (Å²) in [6.45, 7) is 0.548. The van der Waals surface area contributed by atoms with Gasteiger partial charge in [-0.1, -0.05) is 29.8 Å². The van der Waals surface area contributed by atoms with E-state index in [1.807, 2.05) is 24.3 Å². The molecule has 0 radical (unpaired) electrons. The number of ether oxygens (including phenoxy) is 3. The van der Waals surface area contributed by atoms with Crippen molar-refractivity contribution in [3.05, 3.63) is 52.5 Å². The SMILES string of the molecule is COc1cc(OC)c(/C=N\NCc2ccccc2OC)cc1Cl. The minimum absolute atomic E-state index is 0.500. The Hall–Kier alpha value is -2.40. The fourth-order valence-electron chi connectivity index (χ4n) is 2.08. The maximum absolute atomic E-state index is 6.13. The molecule has 1 N–H and O–H groups in total. The molecule has 6 heteroatoms. The molecule has 0 bridgehead atoms. The molecule has 0 amide bonds. The third-order valence-electron chi connectivity index (χ3n) is 3.26. The zero-order chi connectivity index (χ0) is 16.7. The molecule has 2 aromatic carbocycles. The van der Waals surface area contributed by atoms with Gasteiger partial charge in [-0.05, 0) is 12.1 Å². The summed E-state index contributed by atoms with van der Waals surface area (Å²) in [7, 11) is 4.79. The molecule has 23 heavy (non-hydrogen) atoms. The normalized spacial score (nSPS) is 10.6. The van der Waals surface area contributed by atoms with Gasteiger partial charge in [-0.2, -0.15) is 5.10 Å². The zero-order valence-electron chi connectivity index (χ0n) is 13.3. The van der Waals surface area contributed by atoms with Gasteiger partial charge in [0.1, 0.15) is 17.2 Å². The molecular formula is C17H19ClN2O3. The van der Waals surface area contributed by atoms with E-state index >= 15 is 0 Å². The molecule has 5 nitrogen and oxygen atoms in total. The first-order valence-electron chi connectivity index (χ1n) is 6.99. The number of hydrogen-bond acceptors (Lipinski definition) is 5. The summed E-state index contributed by atoms with van der Waals surface area (Å²) in [6, 6.07) is 11.2. The molecule has 0 heterocycles. The van der Waals surface area contributed by atoms with E-state index in [1.165, 1.54) is 0 Å². The fourth-order valence-corrected chi connectivity index (χ4v) is 2.33. The molecule has 0 saturated heterocycles. The van der Waals surface area contributed by atoms with Crippen molar-refractivity contribution in [2.45, 2.75) is 6.54 Å². The Balaban J connectivity index is 2.07. The van der Waals surface area contributed by atoms with Crippen molar-refractivity contribution in [1.29, 1.82) is 0 Å². The average molecular weight is 335 g/mol. The van der Waals surface area contributed by atoms with Crippen LogP contribution >= 0.6 is 11.6 Å². The number of nitrogens with one attached hydrogen (secondary N) is 1. The highest BCUT2D eigenvalue weighted by Crippen LogP contribution is 2.31. The summed E-state index contributed by atoms with van der Waals surface area (Å²) in [5.41, 5.74) is 4.76. The Morgan fingerprint density at radius 2 is 1.70 bits per heavy atom. The molecule has 0 atom stereocenters. The Morgan fingerprint density at radius 3 is 2.39 bits per heavy atom. The lowest BCUT2D eigenvalue weighted by atomic mass is 10.2. The second-order valence-electron chi connectivity index (χ2n) is 4.63. The van der Waals surface area contributed by atoms with Crippen molar-refractivity contribution in [2.24, 2.45) is 5.10 Å². The van der Waals surface area contributed by atoms with Crippen molar-refractivity contribution in [2.75, 3.05) is 21.3 Å². The molecule has 0 aliphatic heterocycles. The third kappa shape index (κ3) is 4.29. The van der Waals surface area contributed by atoms with Crippen molar-refractivity contribution >= 4 is 17.8 Å². The monoisotopic (exact) mass is 334 g/mol. The van der Waals surface area contributed by atoms with Gasteiger partial charge in [0, 0.05) is 17.2 Å². The molecule has 0 fully saturated rings. The van der Waals surface area contributed by atoms with Crippen LogP contribution in [0.15, 0.2) is 41.5 Å². The van der Waals surface area contributed by atoms with Crippen LogP contribution in [-0.2, 0) is 6.54 Å². The van der Waals surface area contributed by atoms with Gasteiger partial charge in [0.05, 0.1) is 39.1 Å². The Labute approximate surface area is 140 Å². The van der Waals surface area contributed by atoms with Crippen LogP contribution in [0.5, 0.6) is 17.2 Å². The summed E-state index contributed by atoms with van der Waals surface area (Å²) in [5, 5.41) is 4.71. The molecule has 0 aliphatic carbocycles. The molecule has 0 aliphatic rings. The molecular weight excluding hydrogens is 316 g/mol. The molecule has 0 spiro atoms. The van der Waals surface area contributed by atoms with Crippen LogP contribution in [0.4, 0.5) is 0 Å². The Morgan fingerprint density at radius 1 is 1.00 bits per heavy atom. The lowest BCUT2D eigenvalue weighted by molar-refractivity contribution is 0.394. The van der Waals surface area contributed by atoms with Crippen LogP contribution in [0.3, 0.4) is 0 Å². The number of nitrogens with zero attached hydrogens (tertiary/aromatic N) is 1. The first-order valence-corrected chi connectivity index (χ1v) is 7.36. The maximum atomic E-state index is 6.13. The summed E-state index contributed by atoms with van der Waals surface area (Å²) in [6.07, 6.45) is 1.65. The number of hydrogen-bond donors (Lipinski definition) is 1. The van der Waals surface area contributed by atoms with E-state index in [0.29, 0.717) is 23.1 Å². The molecule has 0 unspecified atom stereocenters. The van der Waals surface area contributed by atoms with Gasteiger partial charge in [-0.15, -0.1) is 0 Å². The van der Waals surface area contributed by atoms with Crippen LogP contribution in [0.25, 0.3) is 0 Å². The summed E-state index contributed by atoms with van der Waals surface area (Å²) < 4.78 is 15.8. The number of methoxy groups -OCH3 is 3. The van der Waals surface area contributed by atoms with E-state index < -0.39 is 0 Å². The standard InChI is InChI=1S/C17H19ClN2O3/c1-21-15-7-5-4-6-12(15)10-19-20-11-13-8-14(18)17(23-3)9-16(13)22-2/h4-9,11,19H,10H2,1-3H3/b20-11-. The van der Waals surface area contributed by atoms with Gasteiger partial charge >= 0.3 is 0 Å². The van der Waals surface area contributed by atoms with Crippen molar-refractivity contribution in [3.63, 3.8) is 0 Å². The molecule has 0 saturated carbocycles. The highest BCUT2D eigenvalue weighted by atomic mass is 35.5. The minimum Gasteiger partial charge on any atom is -0.496 e. The molecule has 122 valence electrons. The Bertz CT molecular complexity index is 690. The number of para-hydroxylation sites is 1. The minimum atomic E-state index is 0.500. The van der Waals surface area contributed by atoms with Crippen molar-refractivity contribution < 1.29 is 14.2 Å². The summed E-state index contributed by atoms with van der Waals surface area (Å²) in [5.74, 6) is 2.01. The first-order chi connectivity index (χ1) is 11.2. The van der Waals surface area contributed by atoms with Crippen LogP contribution in [0.1, 0.15) is 11.1 Å². The molecule has 2 aromatic rings. The van der Waals surface area contributed by atoms with E-state index in [0.717, 1.165) is 16.9 Å². The van der Waals surface area contributed by atoms with Crippen LogP contribution in [0, 0.1) is 0 Å². The second kappa shape index (κ2) is 8.29. The smallest absolute Gasteiger partial charge is 0.141 e. The maximum Gasteiger partial charge on any atom is 0.141 e. The quantitative estimate of drug-likeness (QED) is 0.622. The highest BCUT2D eigenvalue weighted by molar-refractivity contribution is 6.32. The third-order valence-corrected chi connectivity index (χ3v) is 3.56. The zero-order valence-corrected chi connectivity index (χ0v) is 14.1. The number of benzene rings is 2. The van der Waals surface area contributed by atoms with Gasteiger partial charge in [0.15, 0.2) is 0 Å². The lowest BCUT2D eigenvalue weighted by Gasteiger charge is -2.09. The van der Waals surface area contributed by atoms with E-state index in [4.69, 9.17) is 25.8 Å². The van der Waals surface area contributed by atoms with Crippen LogP contribution < -0.4 is 19.6 Å². The number of hydrazone groups is 1. The fraction of sp³-hybridized carbons (Fsp3) is 0.235. The summed E-state index contributed by atoms with van der Waals surface area (Å²) >= 11 is 6.13. The van der Waals surface area contributed by atoms with Gasteiger partial charge in [-0.25, -0.2) is 0 Å². The lowest BCUT2D eigenvalue weighted by Crippen LogP contribution is -2.07. The van der Waals surface area contributed by atoms with E-state index in [2.05, 4.69) is 10.5 Å². The first kappa shape index (κ1) is 17.0. The largest absolute Gasteiger partial charge is 0.496 e. The number of rotatable bonds is 7. The van der Waals surface area contributed by atoms with Gasteiger partial charge in [-0.3, -0.25) is 0 Å². The van der Waals surface area contributed by atoms with Crippen molar-refractivity contribution in [1.82, 2.24) is 5.43 Å². The average Bonchev–Trinajstić information content (AvgIpc) is 2.59. The second-order valence-corrected chi connectivity index (χ2v) is 5.04. The van der Waals surface area contributed by atoms with E-state index in [1.54, 1.807) is 39.7 Å². The van der Waals surface area contributed by atoms with E-state index in [9.17, 15) is 0 Å². The highest BCUT2D eigenvalue weighted by Gasteiger charge is 2.08. The topological polar surface area (TPSA) is 52.1 Å². The van der Waals surface area contributed by atoms with E-state index in [-0.39, 0.29) is 0 Å². The van der Waals surface area contributed by atoms with Crippen molar-refractivity contribution in [3.8, 4) is 17.2 Å². The predicted octanol–water partition coefficient (Wildman–Crippen LogP) is 3.49. The predicted molar refractivity (Wildman–Crippen MR) is 92.0 cm³/mol. The summed E-state index contributed by atoms with van der Waals surface area (Å²) in [4.78, 5) is 0. The number of halogens is 1. The van der Waals surface area contributed by atoms with Gasteiger partial charge in [0.25, 0.3) is 0 Å². The van der Waals surface area contributed by atoms with Crippen LogP contribution in [0.2, 0.25) is 5.02 Å². The molecule has 0 aromatic heterocycles.